The highest BCUT2D eigenvalue weighted by Gasteiger charge is 2.31. The van der Waals surface area contributed by atoms with Crippen molar-refractivity contribution in [2.45, 2.75) is 30.2 Å². The standard InChI is InChI=1S/C22H32N4O2S2/c1-23-22(24-13-12-17-8-10-19(11-9-17)30(3,27)28)25-16-18-6-4-14-26(2)21(18)20-7-5-15-29-20/h5,7-11,15,18,21H,4,6,12-14,16H2,1-3H3,(H2,23,24,25). The molecule has 3 rings (SSSR count). The second-order valence-corrected chi connectivity index (χ2v) is 10.9. The molecule has 2 unspecified atom stereocenters. The van der Waals surface area contributed by atoms with Crippen molar-refractivity contribution in [3.8, 4) is 0 Å². The van der Waals surface area contributed by atoms with Crippen molar-refractivity contribution in [1.29, 1.82) is 0 Å². The van der Waals surface area contributed by atoms with Crippen molar-refractivity contribution in [2.75, 3.05) is 40.0 Å². The van der Waals surface area contributed by atoms with Gasteiger partial charge in [0.2, 0.25) is 0 Å². The summed E-state index contributed by atoms with van der Waals surface area (Å²) < 4.78 is 23.1. The molecule has 2 atom stereocenters. The van der Waals surface area contributed by atoms with Gasteiger partial charge in [0, 0.05) is 37.3 Å². The average molecular weight is 449 g/mol. The fourth-order valence-corrected chi connectivity index (χ4v) is 5.67. The Balaban J connectivity index is 1.49. The van der Waals surface area contributed by atoms with Crippen molar-refractivity contribution in [2.24, 2.45) is 10.9 Å². The van der Waals surface area contributed by atoms with Gasteiger partial charge in [0.05, 0.1) is 4.90 Å². The Hall–Kier alpha value is -1.90. The van der Waals surface area contributed by atoms with Crippen LogP contribution in [0.25, 0.3) is 0 Å². The quantitative estimate of drug-likeness (QED) is 0.503. The lowest BCUT2D eigenvalue weighted by molar-refractivity contribution is 0.125. The number of benzene rings is 1. The summed E-state index contributed by atoms with van der Waals surface area (Å²) in [5, 5.41) is 9.04. The highest BCUT2D eigenvalue weighted by Crippen LogP contribution is 2.36. The van der Waals surface area contributed by atoms with Gasteiger partial charge in [-0.05, 0) is 67.9 Å². The number of rotatable bonds is 7. The molecule has 1 saturated heterocycles. The highest BCUT2D eigenvalue weighted by molar-refractivity contribution is 7.90. The molecule has 0 bridgehead atoms. The summed E-state index contributed by atoms with van der Waals surface area (Å²) in [7, 11) is 0.865. The minimum atomic E-state index is -3.15. The molecule has 2 heterocycles. The zero-order chi connectivity index (χ0) is 21.6. The van der Waals surface area contributed by atoms with Crippen LogP contribution in [0.2, 0.25) is 0 Å². The van der Waals surface area contributed by atoms with E-state index in [1.807, 2.05) is 23.5 Å². The Bertz CT molecular complexity index is 925. The van der Waals surface area contributed by atoms with Crippen molar-refractivity contribution in [3.05, 3.63) is 52.2 Å². The lowest BCUT2D eigenvalue weighted by Gasteiger charge is -2.39. The zero-order valence-electron chi connectivity index (χ0n) is 18.0. The van der Waals surface area contributed by atoms with Crippen LogP contribution in [0.3, 0.4) is 0 Å². The number of thiophene rings is 1. The van der Waals surface area contributed by atoms with E-state index in [4.69, 9.17) is 0 Å². The van der Waals surface area contributed by atoms with Crippen molar-refractivity contribution >= 4 is 27.1 Å². The number of guanidine groups is 1. The molecule has 0 amide bonds. The van der Waals surface area contributed by atoms with Crippen LogP contribution in [0, 0.1) is 5.92 Å². The summed E-state index contributed by atoms with van der Waals surface area (Å²) in [5.41, 5.74) is 1.09. The average Bonchev–Trinajstić information content (AvgIpc) is 3.24. The molecule has 1 aliphatic rings. The Morgan fingerprint density at radius 1 is 1.23 bits per heavy atom. The molecule has 164 valence electrons. The first-order valence-corrected chi connectivity index (χ1v) is 13.1. The number of sulfone groups is 1. The van der Waals surface area contributed by atoms with E-state index in [0.717, 1.165) is 37.6 Å². The zero-order valence-corrected chi connectivity index (χ0v) is 19.6. The summed E-state index contributed by atoms with van der Waals surface area (Å²) in [6.45, 7) is 2.76. The van der Waals surface area contributed by atoms with E-state index in [1.54, 1.807) is 19.2 Å². The van der Waals surface area contributed by atoms with Gasteiger partial charge >= 0.3 is 0 Å². The van der Waals surface area contributed by atoms with E-state index in [2.05, 4.69) is 45.1 Å². The highest BCUT2D eigenvalue weighted by atomic mass is 32.2. The maximum atomic E-state index is 11.6. The molecule has 6 nitrogen and oxygen atoms in total. The molecule has 1 aromatic carbocycles. The van der Waals surface area contributed by atoms with Crippen LogP contribution in [-0.4, -0.2) is 59.3 Å². The summed E-state index contributed by atoms with van der Waals surface area (Å²) in [5.74, 6) is 1.35. The summed E-state index contributed by atoms with van der Waals surface area (Å²) in [6, 6.07) is 11.9. The van der Waals surface area contributed by atoms with Crippen LogP contribution in [-0.2, 0) is 16.3 Å². The number of nitrogens with zero attached hydrogens (tertiary/aromatic N) is 2. The molecule has 1 fully saturated rings. The molecule has 0 radical (unpaired) electrons. The van der Waals surface area contributed by atoms with Gasteiger partial charge in [-0.1, -0.05) is 18.2 Å². The van der Waals surface area contributed by atoms with Crippen molar-refractivity contribution < 1.29 is 8.42 Å². The minimum absolute atomic E-state index is 0.356. The van der Waals surface area contributed by atoms with Gasteiger partial charge < -0.3 is 10.6 Å². The minimum Gasteiger partial charge on any atom is -0.356 e. The number of likely N-dealkylation sites (tertiary alicyclic amines) is 1. The van der Waals surface area contributed by atoms with Crippen LogP contribution >= 0.6 is 11.3 Å². The van der Waals surface area contributed by atoms with Crippen LogP contribution in [0.5, 0.6) is 0 Å². The smallest absolute Gasteiger partial charge is 0.190 e. The number of piperidine rings is 1. The number of hydrogen-bond donors (Lipinski definition) is 2. The normalized spacial score (nSPS) is 20.8. The van der Waals surface area contributed by atoms with E-state index in [0.29, 0.717) is 16.9 Å². The first-order valence-electron chi connectivity index (χ1n) is 10.4. The molecule has 2 N–H and O–H groups in total. The fourth-order valence-electron chi connectivity index (χ4n) is 4.06. The van der Waals surface area contributed by atoms with E-state index in [9.17, 15) is 8.42 Å². The SMILES string of the molecule is CN=C(NCCc1ccc(S(C)(=O)=O)cc1)NCC1CCCN(C)C1c1cccs1. The van der Waals surface area contributed by atoms with Crippen LogP contribution in [0.4, 0.5) is 0 Å². The van der Waals surface area contributed by atoms with E-state index < -0.39 is 9.84 Å². The van der Waals surface area contributed by atoms with Gasteiger partial charge in [0.1, 0.15) is 0 Å². The monoisotopic (exact) mass is 448 g/mol. The predicted molar refractivity (Wildman–Crippen MR) is 125 cm³/mol. The molecule has 1 aromatic heterocycles. The largest absolute Gasteiger partial charge is 0.356 e. The lowest BCUT2D eigenvalue weighted by atomic mass is 9.88. The third-order valence-electron chi connectivity index (χ3n) is 5.65. The third kappa shape index (κ3) is 6.06. The van der Waals surface area contributed by atoms with Gasteiger partial charge in [-0.2, -0.15) is 0 Å². The molecule has 2 aromatic rings. The van der Waals surface area contributed by atoms with Crippen LogP contribution < -0.4 is 10.6 Å². The summed E-state index contributed by atoms with van der Waals surface area (Å²) >= 11 is 1.84. The summed E-state index contributed by atoms with van der Waals surface area (Å²) in [4.78, 5) is 8.62. The van der Waals surface area contributed by atoms with E-state index >= 15 is 0 Å². The predicted octanol–water partition coefficient (Wildman–Crippen LogP) is 2.94. The maximum absolute atomic E-state index is 11.6. The van der Waals surface area contributed by atoms with Gasteiger partial charge in [0.25, 0.3) is 0 Å². The summed E-state index contributed by atoms with van der Waals surface area (Å²) in [6.07, 6.45) is 4.46. The first kappa shape index (κ1) is 22.8. The topological polar surface area (TPSA) is 73.8 Å². The lowest BCUT2D eigenvalue weighted by Crippen LogP contribution is -2.45. The van der Waals surface area contributed by atoms with Gasteiger partial charge in [-0.15, -0.1) is 11.3 Å². The molecular formula is C22H32N4O2S2. The Labute approximate surface area is 184 Å². The number of hydrogen-bond acceptors (Lipinski definition) is 5. The number of aliphatic imine (C=N–C) groups is 1. The Kier molecular flexibility index (Phi) is 7.91. The van der Waals surface area contributed by atoms with Crippen molar-refractivity contribution in [3.63, 3.8) is 0 Å². The molecule has 0 spiro atoms. The molecular weight excluding hydrogens is 416 g/mol. The molecule has 1 aliphatic heterocycles. The van der Waals surface area contributed by atoms with Crippen LogP contribution in [0.1, 0.15) is 29.3 Å². The molecule has 30 heavy (non-hydrogen) atoms. The van der Waals surface area contributed by atoms with E-state index in [-0.39, 0.29) is 0 Å². The van der Waals surface area contributed by atoms with Gasteiger partial charge in [-0.25, -0.2) is 8.42 Å². The second-order valence-electron chi connectivity index (χ2n) is 7.89. The first-order chi connectivity index (χ1) is 14.4. The maximum Gasteiger partial charge on any atom is 0.190 e. The Morgan fingerprint density at radius 3 is 2.63 bits per heavy atom. The number of nitrogens with one attached hydrogen (secondary N) is 2. The van der Waals surface area contributed by atoms with Crippen LogP contribution in [0.15, 0.2) is 51.7 Å². The Morgan fingerprint density at radius 2 is 2.00 bits per heavy atom. The van der Waals surface area contributed by atoms with E-state index in [1.165, 1.54) is 24.0 Å². The van der Waals surface area contributed by atoms with Gasteiger partial charge in [0.15, 0.2) is 15.8 Å². The molecule has 8 heteroatoms. The fraction of sp³-hybridized carbons (Fsp3) is 0.500. The second kappa shape index (κ2) is 10.4. The molecule has 0 aliphatic carbocycles. The molecule has 0 saturated carbocycles. The van der Waals surface area contributed by atoms with Gasteiger partial charge in [-0.3, -0.25) is 9.89 Å². The van der Waals surface area contributed by atoms with Crippen molar-refractivity contribution in [1.82, 2.24) is 15.5 Å². The third-order valence-corrected chi connectivity index (χ3v) is 7.73.